The minimum atomic E-state index is -1.07. The van der Waals surface area contributed by atoms with Crippen LogP contribution >= 0.6 is 21.1 Å². The molecular formula is C15H22ClNS2Sn. The van der Waals surface area contributed by atoms with Gasteiger partial charge in [0.25, 0.3) is 0 Å². The van der Waals surface area contributed by atoms with Crippen LogP contribution in [0.25, 0.3) is 0 Å². The van der Waals surface area contributed by atoms with Crippen LogP contribution < -0.4 is 0 Å². The first-order chi connectivity index (χ1) is 9.49. The van der Waals surface area contributed by atoms with Gasteiger partial charge in [-0.05, 0) is 30.7 Å². The van der Waals surface area contributed by atoms with Crippen molar-refractivity contribution in [3.8, 4) is 0 Å². The molecule has 1 nitrogen and oxygen atoms in total. The molecule has 0 saturated carbocycles. The molecule has 1 aromatic carbocycles. The molecule has 2 rings (SSSR count). The zero-order valence-corrected chi connectivity index (χ0v) is 17.4. The Balaban J connectivity index is 0.000000444. The van der Waals surface area contributed by atoms with Crippen molar-refractivity contribution < 1.29 is 0 Å². The molecule has 1 saturated heterocycles. The van der Waals surface area contributed by atoms with Gasteiger partial charge in [0, 0.05) is 13.1 Å². The SMILES string of the molecule is S=C([S-])N1CCC(Cc2ccccc2)CC1.[CH3][Sn+]([CH3])[Cl]. The topological polar surface area (TPSA) is 3.24 Å². The van der Waals surface area contributed by atoms with Gasteiger partial charge in [-0.15, -0.1) is 0 Å². The van der Waals surface area contributed by atoms with E-state index in [1.807, 2.05) is 0 Å². The number of nitrogens with zero attached hydrogens (tertiary/aromatic N) is 1. The summed E-state index contributed by atoms with van der Waals surface area (Å²) in [6.45, 7) is 2.08. The van der Waals surface area contributed by atoms with Crippen molar-refractivity contribution in [2.45, 2.75) is 29.1 Å². The molecular weight excluding hydrogens is 412 g/mol. The molecule has 1 aromatic rings. The Kier molecular flexibility index (Phi) is 9.41. The molecule has 0 aromatic heterocycles. The molecule has 0 amide bonds. The van der Waals surface area contributed by atoms with E-state index >= 15 is 0 Å². The number of hydrogen-bond acceptors (Lipinski definition) is 2. The Morgan fingerprint density at radius 3 is 2.25 bits per heavy atom. The van der Waals surface area contributed by atoms with Crippen molar-refractivity contribution in [2.75, 3.05) is 13.1 Å². The first-order valence-corrected chi connectivity index (χ1v) is 17.1. The second kappa shape index (κ2) is 10.2. The molecule has 1 aliphatic heterocycles. The average molecular weight is 435 g/mol. The van der Waals surface area contributed by atoms with Gasteiger partial charge >= 0.3 is 37.4 Å². The molecule has 0 spiro atoms. The summed E-state index contributed by atoms with van der Waals surface area (Å²) >= 11 is 8.98. The van der Waals surface area contributed by atoms with Crippen LogP contribution in [0.15, 0.2) is 30.3 Å². The maximum absolute atomic E-state index is 5.47. The van der Waals surface area contributed by atoms with Crippen molar-refractivity contribution in [3.63, 3.8) is 0 Å². The van der Waals surface area contributed by atoms with E-state index in [-0.39, 0.29) is 0 Å². The summed E-state index contributed by atoms with van der Waals surface area (Å²) in [7, 11) is 5.47. The Bertz CT molecular complexity index is 389. The van der Waals surface area contributed by atoms with Crippen LogP contribution in [0, 0.1) is 5.92 Å². The Hall–Kier alpha value is 0.419. The van der Waals surface area contributed by atoms with Crippen molar-refractivity contribution in [2.24, 2.45) is 5.92 Å². The van der Waals surface area contributed by atoms with Gasteiger partial charge in [0.2, 0.25) is 0 Å². The van der Waals surface area contributed by atoms with Crippen LogP contribution in [-0.2, 0) is 19.0 Å². The maximum atomic E-state index is 5.47. The first kappa shape index (κ1) is 18.5. The van der Waals surface area contributed by atoms with E-state index in [1.165, 1.54) is 24.8 Å². The zero-order valence-electron chi connectivity index (χ0n) is 12.1. The Morgan fingerprint density at radius 1 is 1.30 bits per heavy atom. The van der Waals surface area contributed by atoms with Crippen LogP contribution in [0.3, 0.4) is 0 Å². The van der Waals surface area contributed by atoms with Crippen LogP contribution in [0.4, 0.5) is 0 Å². The summed E-state index contributed by atoms with van der Waals surface area (Å²) in [6.07, 6.45) is 3.62. The predicted octanol–water partition coefficient (Wildman–Crippen LogP) is 4.25. The summed E-state index contributed by atoms with van der Waals surface area (Å²) in [5.74, 6) is 0.794. The normalized spacial score (nSPS) is 15.2. The van der Waals surface area contributed by atoms with Gasteiger partial charge in [0.05, 0.1) is 0 Å². The van der Waals surface area contributed by atoms with Gasteiger partial charge in [0.1, 0.15) is 0 Å². The molecule has 1 heterocycles. The number of benzene rings is 1. The third-order valence-corrected chi connectivity index (χ3v) is 3.76. The number of thiocarbonyl (C=S) groups is 1. The van der Waals surface area contributed by atoms with Crippen LogP contribution in [0.2, 0.25) is 9.88 Å². The molecule has 0 radical (unpaired) electrons. The molecule has 5 heteroatoms. The van der Waals surface area contributed by atoms with Gasteiger partial charge in [-0.25, -0.2) is 0 Å². The Labute approximate surface area is 144 Å². The van der Waals surface area contributed by atoms with Gasteiger partial charge in [-0.2, -0.15) is 0 Å². The van der Waals surface area contributed by atoms with Gasteiger partial charge < -0.3 is 29.7 Å². The molecule has 1 fully saturated rings. The molecule has 20 heavy (non-hydrogen) atoms. The van der Waals surface area contributed by atoms with E-state index < -0.39 is 18.6 Å². The fourth-order valence-electron chi connectivity index (χ4n) is 2.27. The number of likely N-dealkylation sites (tertiary alicyclic amines) is 1. The van der Waals surface area contributed by atoms with E-state index in [9.17, 15) is 0 Å². The molecule has 0 unspecified atom stereocenters. The summed E-state index contributed by atoms with van der Waals surface area (Å²) in [4.78, 5) is 6.40. The van der Waals surface area contributed by atoms with Crippen molar-refractivity contribution in [3.05, 3.63) is 35.9 Å². The van der Waals surface area contributed by atoms with Gasteiger partial charge in [-0.1, -0.05) is 34.7 Å². The summed E-state index contributed by atoms with van der Waals surface area (Å²) < 4.78 is 0.637. The van der Waals surface area contributed by atoms with E-state index in [0.717, 1.165) is 19.0 Å². The molecule has 1 aliphatic rings. The van der Waals surface area contributed by atoms with E-state index in [1.54, 1.807) is 0 Å². The molecule has 0 atom stereocenters. The number of halogens is 1. The standard InChI is InChI=1S/C13H17NS2.2CH3.ClH.Sn/c15-13(16)14-8-6-12(7-9-14)10-11-4-2-1-3-5-11;;;;/h1-5,12H,6-10H2,(H,15,16);2*1H3;1H;/q;;;;+2/p-2. The van der Waals surface area contributed by atoms with Gasteiger partial charge in [-0.3, -0.25) is 0 Å². The third-order valence-electron chi connectivity index (χ3n) is 3.24. The summed E-state index contributed by atoms with van der Waals surface area (Å²) in [5.41, 5.74) is 1.45. The predicted molar refractivity (Wildman–Crippen MR) is 97.7 cm³/mol. The Morgan fingerprint density at radius 2 is 1.80 bits per heavy atom. The van der Waals surface area contributed by atoms with Crippen molar-refractivity contribution >= 4 is 56.7 Å². The molecule has 110 valence electrons. The van der Waals surface area contributed by atoms with Crippen molar-refractivity contribution in [1.29, 1.82) is 0 Å². The number of piperidine rings is 1. The van der Waals surface area contributed by atoms with E-state index in [4.69, 9.17) is 33.8 Å². The average Bonchev–Trinajstić information content (AvgIpc) is 2.40. The minimum absolute atomic E-state index is 0.637. The zero-order chi connectivity index (χ0) is 15.0. The molecule has 0 bridgehead atoms. The quantitative estimate of drug-likeness (QED) is 0.389. The summed E-state index contributed by atoms with van der Waals surface area (Å²) in [5, 5.41) is 0. The van der Waals surface area contributed by atoms with E-state index in [0.29, 0.717) is 4.32 Å². The molecule has 0 N–H and O–H groups in total. The number of rotatable bonds is 2. The first-order valence-electron chi connectivity index (χ1n) is 6.94. The number of hydrogen-bond donors (Lipinski definition) is 0. The van der Waals surface area contributed by atoms with Crippen LogP contribution in [0.1, 0.15) is 18.4 Å². The van der Waals surface area contributed by atoms with E-state index in [2.05, 4.69) is 45.1 Å². The fraction of sp³-hybridized carbons (Fsp3) is 0.533. The second-order valence-corrected chi connectivity index (χ2v) is 16.4. The summed E-state index contributed by atoms with van der Waals surface area (Å²) in [6, 6.07) is 10.7. The molecule has 0 aliphatic carbocycles. The van der Waals surface area contributed by atoms with Crippen molar-refractivity contribution in [1.82, 2.24) is 4.90 Å². The van der Waals surface area contributed by atoms with Crippen LogP contribution in [-0.4, -0.2) is 40.9 Å². The fourth-order valence-corrected chi connectivity index (χ4v) is 2.63. The van der Waals surface area contributed by atoms with Crippen LogP contribution in [0.5, 0.6) is 0 Å². The third kappa shape index (κ3) is 8.01. The monoisotopic (exact) mass is 435 g/mol. The second-order valence-electron chi connectivity index (χ2n) is 5.26. The van der Waals surface area contributed by atoms with Gasteiger partial charge in [0.15, 0.2) is 0 Å².